The van der Waals surface area contributed by atoms with E-state index in [9.17, 15) is 4.79 Å². The lowest BCUT2D eigenvalue weighted by Gasteiger charge is -1.97. The summed E-state index contributed by atoms with van der Waals surface area (Å²) >= 11 is 0. The maximum Gasteiger partial charge on any atom is 0.358 e. The first-order valence-corrected chi connectivity index (χ1v) is 5.09. The average molecular weight is 243 g/mol. The third-order valence-corrected chi connectivity index (χ3v) is 2.32. The summed E-state index contributed by atoms with van der Waals surface area (Å²) in [6, 6.07) is 8.33. The van der Waals surface area contributed by atoms with E-state index in [1.807, 2.05) is 6.07 Å². The number of nitrogens with zero attached hydrogens (tertiary/aromatic N) is 2. The fraction of sp³-hybridized carbons (Fsp3) is 0.0833. The molecule has 90 valence electrons. The van der Waals surface area contributed by atoms with Crippen LogP contribution in [0.1, 0.15) is 21.9 Å². The number of hydrogen-bond donors (Lipinski definition) is 2. The minimum Gasteiger partial charge on any atom is -0.476 e. The van der Waals surface area contributed by atoms with Crippen LogP contribution >= 0.6 is 0 Å². The maximum absolute atomic E-state index is 11.0. The second-order valence-electron chi connectivity index (χ2n) is 3.48. The minimum absolute atomic E-state index is 0.0244. The molecule has 2 aromatic rings. The fourth-order valence-electron chi connectivity index (χ4n) is 1.49. The lowest BCUT2D eigenvalue weighted by atomic mass is 10.1. The Morgan fingerprint density at radius 2 is 2.11 bits per heavy atom. The molecule has 0 fully saturated rings. The Kier molecular flexibility index (Phi) is 3.08. The van der Waals surface area contributed by atoms with Crippen molar-refractivity contribution in [3.63, 3.8) is 0 Å². The molecule has 0 saturated carbocycles. The number of carboxylic acids is 1. The Morgan fingerprint density at radius 3 is 2.61 bits per heavy atom. The van der Waals surface area contributed by atoms with Gasteiger partial charge in [-0.2, -0.15) is 5.26 Å². The van der Waals surface area contributed by atoms with Crippen LogP contribution < -0.4 is 5.73 Å². The van der Waals surface area contributed by atoms with Gasteiger partial charge in [0.2, 0.25) is 5.89 Å². The van der Waals surface area contributed by atoms with Crippen LogP contribution in [0.25, 0.3) is 11.3 Å². The molecule has 0 saturated heterocycles. The number of rotatable bonds is 3. The molecule has 1 aromatic carbocycles. The predicted molar refractivity (Wildman–Crippen MR) is 61.5 cm³/mol. The van der Waals surface area contributed by atoms with Gasteiger partial charge >= 0.3 is 5.97 Å². The van der Waals surface area contributed by atoms with Crippen molar-refractivity contribution in [2.45, 2.75) is 6.54 Å². The second kappa shape index (κ2) is 4.69. The normalized spacial score (nSPS) is 10.0. The number of aromatic carboxylic acids is 1. The van der Waals surface area contributed by atoms with Crippen molar-refractivity contribution < 1.29 is 14.3 Å². The Morgan fingerprint density at radius 1 is 1.44 bits per heavy atom. The van der Waals surface area contributed by atoms with E-state index < -0.39 is 5.97 Å². The van der Waals surface area contributed by atoms with Crippen LogP contribution in [0, 0.1) is 11.3 Å². The minimum atomic E-state index is -1.18. The molecule has 0 amide bonds. The highest BCUT2D eigenvalue weighted by molar-refractivity contribution is 5.92. The highest BCUT2D eigenvalue weighted by atomic mass is 16.4. The lowest BCUT2D eigenvalue weighted by molar-refractivity contribution is 0.0691. The number of carboxylic acid groups (broad SMARTS) is 1. The van der Waals surface area contributed by atoms with E-state index in [-0.39, 0.29) is 23.9 Å². The molecule has 0 aliphatic heterocycles. The largest absolute Gasteiger partial charge is 0.476 e. The molecule has 0 aliphatic rings. The van der Waals surface area contributed by atoms with Gasteiger partial charge < -0.3 is 15.3 Å². The number of aromatic nitrogens is 1. The molecule has 0 bridgehead atoms. The summed E-state index contributed by atoms with van der Waals surface area (Å²) in [5.74, 6) is -0.878. The van der Waals surface area contributed by atoms with Gasteiger partial charge in [-0.1, -0.05) is 0 Å². The number of oxazole rings is 1. The van der Waals surface area contributed by atoms with E-state index >= 15 is 0 Å². The second-order valence-corrected chi connectivity index (χ2v) is 3.48. The van der Waals surface area contributed by atoms with Crippen molar-refractivity contribution >= 4 is 5.97 Å². The molecule has 3 N–H and O–H groups in total. The first-order valence-electron chi connectivity index (χ1n) is 5.09. The third-order valence-electron chi connectivity index (χ3n) is 2.32. The van der Waals surface area contributed by atoms with Crippen molar-refractivity contribution in [1.82, 2.24) is 4.98 Å². The molecule has 1 aromatic heterocycles. The Balaban J connectivity index is 2.51. The number of nitriles is 1. The Labute approximate surface area is 102 Å². The van der Waals surface area contributed by atoms with E-state index in [4.69, 9.17) is 20.5 Å². The average Bonchev–Trinajstić information content (AvgIpc) is 2.83. The zero-order valence-electron chi connectivity index (χ0n) is 9.25. The van der Waals surface area contributed by atoms with Crippen LogP contribution in [0.2, 0.25) is 0 Å². The van der Waals surface area contributed by atoms with Gasteiger partial charge in [-0.25, -0.2) is 9.78 Å². The van der Waals surface area contributed by atoms with Crippen LogP contribution in [0.3, 0.4) is 0 Å². The zero-order valence-corrected chi connectivity index (χ0v) is 9.25. The number of hydrogen-bond acceptors (Lipinski definition) is 5. The van der Waals surface area contributed by atoms with Gasteiger partial charge in [-0.3, -0.25) is 0 Å². The Bertz CT molecular complexity index is 623. The monoisotopic (exact) mass is 243 g/mol. The van der Waals surface area contributed by atoms with E-state index in [0.717, 1.165) is 0 Å². The quantitative estimate of drug-likeness (QED) is 0.841. The van der Waals surface area contributed by atoms with Crippen molar-refractivity contribution in [2.24, 2.45) is 5.73 Å². The van der Waals surface area contributed by atoms with Crippen molar-refractivity contribution in [1.29, 1.82) is 5.26 Å². The molecular weight excluding hydrogens is 234 g/mol. The number of nitrogens with two attached hydrogens (primary N) is 1. The molecule has 0 atom stereocenters. The summed E-state index contributed by atoms with van der Waals surface area (Å²) in [6.45, 7) is 0.0244. The molecule has 2 rings (SSSR count). The van der Waals surface area contributed by atoms with Crippen LogP contribution in [0.5, 0.6) is 0 Å². The number of carbonyl (C=O) groups is 1. The summed E-state index contributed by atoms with van der Waals surface area (Å²) < 4.78 is 5.28. The van der Waals surface area contributed by atoms with Gasteiger partial charge in [-0.15, -0.1) is 0 Å². The van der Waals surface area contributed by atoms with E-state index in [1.54, 1.807) is 24.3 Å². The van der Waals surface area contributed by atoms with Crippen LogP contribution in [0.4, 0.5) is 0 Å². The van der Waals surface area contributed by atoms with Gasteiger partial charge in [0.25, 0.3) is 0 Å². The Hall–Kier alpha value is -2.65. The number of benzene rings is 1. The first-order chi connectivity index (χ1) is 8.65. The third kappa shape index (κ3) is 2.07. The topological polar surface area (TPSA) is 113 Å². The first kappa shape index (κ1) is 11.8. The maximum atomic E-state index is 11.0. The predicted octanol–water partition coefficient (Wildman–Crippen LogP) is 1.37. The van der Waals surface area contributed by atoms with Gasteiger partial charge in [0.1, 0.15) is 0 Å². The van der Waals surface area contributed by atoms with Gasteiger partial charge in [-0.05, 0) is 24.3 Å². The molecule has 18 heavy (non-hydrogen) atoms. The van der Waals surface area contributed by atoms with Crippen molar-refractivity contribution in [3.8, 4) is 17.4 Å². The van der Waals surface area contributed by atoms with Gasteiger partial charge in [0, 0.05) is 5.56 Å². The molecule has 0 aliphatic carbocycles. The van der Waals surface area contributed by atoms with E-state index in [1.165, 1.54) is 0 Å². The molecule has 0 spiro atoms. The van der Waals surface area contributed by atoms with Crippen LogP contribution in [-0.2, 0) is 6.54 Å². The summed E-state index contributed by atoms with van der Waals surface area (Å²) in [4.78, 5) is 14.8. The molecule has 6 nitrogen and oxygen atoms in total. The fourth-order valence-corrected chi connectivity index (χ4v) is 1.49. The van der Waals surface area contributed by atoms with Crippen LogP contribution in [-0.4, -0.2) is 16.1 Å². The molecular formula is C12H9N3O3. The molecule has 6 heteroatoms. The van der Waals surface area contributed by atoms with E-state index in [2.05, 4.69) is 4.98 Å². The summed E-state index contributed by atoms with van der Waals surface area (Å²) in [7, 11) is 0. The molecule has 0 unspecified atom stereocenters. The van der Waals surface area contributed by atoms with Crippen molar-refractivity contribution in [3.05, 3.63) is 41.4 Å². The van der Waals surface area contributed by atoms with Gasteiger partial charge in [0.15, 0.2) is 11.5 Å². The SMILES string of the molecule is N#Cc1ccc(-c2oc(CN)nc2C(=O)O)cc1. The smallest absolute Gasteiger partial charge is 0.358 e. The zero-order chi connectivity index (χ0) is 13.1. The lowest BCUT2D eigenvalue weighted by Crippen LogP contribution is -2.01. The van der Waals surface area contributed by atoms with Gasteiger partial charge in [0.05, 0.1) is 18.2 Å². The highest BCUT2D eigenvalue weighted by Crippen LogP contribution is 2.25. The standard InChI is InChI=1S/C12H9N3O3/c13-5-7-1-3-8(4-2-7)11-10(12(16)17)15-9(6-14)18-11/h1-4H,6,14H2,(H,16,17). The van der Waals surface area contributed by atoms with Crippen LogP contribution in [0.15, 0.2) is 28.7 Å². The molecule has 0 radical (unpaired) electrons. The van der Waals surface area contributed by atoms with E-state index in [0.29, 0.717) is 11.1 Å². The summed E-state index contributed by atoms with van der Waals surface area (Å²) in [5, 5.41) is 17.7. The van der Waals surface area contributed by atoms with Crippen molar-refractivity contribution in [2.75, 3.05) is 0 Å². The highest BCUT2D eigenvalue weighted by Gasteiger charge is 2.20. The summed E-state index contributed by atoms with van der Waals surface area (Å²) in [5.41, 5.74) is 6.20. The molecule has 1 heterocycles. The summed E-state index contributed by atoms with van der Waals surface area (Å²) in [6.07, 6.45) is 0.